The van der Waals surface area contributed by atoms with Crippen LogP contribution < -0.4 is 0 Å². The van der Waals surface area contributed by atoms with Crippen molar-refractivity contribution in [3.05, 3.63) is 63.8 Å². The van der Waals surface area contributed by atoms with Crippen LogP contribution in [0.2, 0.25) is 0 Å². The van der Waals surface area contributed by atoms with Crippen LogP contribution in [0, 0.1) is 0 Å². The topological polar surface area (TPSA) is 73.7 Å². The predicted octanol–water partition coefficient (Wildman–Crippen LogP) is 3.06. The number of carbonyl (C=O) groups excluding carboxylic acids is 2. The Hall–Kier alpha value is -2.51. The fourth-order valence-corrected chi connectivity index (χ4v) is 4.02. The van der Waals surface area contributed by atoms with Crippen LogP contribution in [0.5, 0.6) is 0 Å². The van der Waals surface area contributed by atoms with Gasteiger partial charge in [-0.3, -0.25) is 14.6 Å². The van der Waals surface area contributed by atoms with E-state index in [1.807, 2.05) is 0 Å². The predicted molar refractivity (Wildman–Crippen MR) is 105 cm³/mol. The number of pyridine rings is 1. The molecule has 1 N–H and O–H groups in total. The Morgan fingerprint density at radius 3 is 2.56 bits per heavy atom. The van der Waals surface area contributed by atoms with E-state index in [4.69, 9.17) is 0 Å². The van der Waals surface area contributed by atoms with Gasteiger partial charge in [-0.25, -0.2) is 0 Å². The number of hydrogen-bond acceptors (Lipinski definition) is 6. The van der Waals surface area contributed by atoms with Gasteiger partial charge in [-0.2, -0.15) is 0 Å². The molecule has 1 atom stereocenters. The Bertz CT molecular complexity index is 829. The highest BCUT2D eigenvalue weighted by molar-refractivity contribution is 7.12. The van der Waals surface area contributed by atoms with Gasteiger partial charge in [-0.15, -0.1) is 11.3 Å². The van der Waals surface area contributed by atoms with Crippen molar-refractivity contribution in [2.45, 2.75) is 19.9 Å². The van der Waals surface area contributed by atoms with Crippen LogP contribution in [0.3, 0.4) is 0 Å². The first kappa shape index (κ1) is 19.3. The molecule has 2 aromatic rings. The number of nitrogens with zero attached hydrogens (tertiary/aromatic N) is 3. The minimum Gasteiger partial charge on any atom is -0.503 e. The van der Waals surface area contributed by atoms with Crippen LogP contribution in [0.1, 0.15) is 35.1 Å². The van der Waals surface area contributed by atoms with E-state index in [2.05, 4.69) is 23.7 Å². The summed E-state index contributed by atoms with van der Waals surface area (Å²) in [5.74, 6) is -1.25. The number of aliphatic hydroxyl groups is 1. The van der Waals surface area contributed by atoms with Crippen LogP contribution in [0.25, 0.3) is 0 Å². The van der Waals surface area contributed by atoms with E-state index in [-0.39, 0.29) is 11.4 Å². The average Bonchev–Trinajstić information content (AvgIpc) is 3.31. The molecule has 0 saturated heterocycles. The van der Waals surface area contributed by atoms with Crippen molar-refractivity contribution >= 4 is 23.0 Å². The van der Waals surface area contributed by atoms with Gasteiger partial charge in [-0.05, 0) is 42.2 Å². The zero-order chi connectivity index (χ0) is 19.4. The van der Waals surface area contributed by atoms with Crippen LogP contribution in [-0.4, -0.2) is 57.8 Å². The Kier molecular flexibility index (Phi) is 6.03. The highest BCUT2D eigenvalue weighted by Gasteiger charge is 2.43. The van der Waals surface area contributed by atoms with E-state index in [1.54, 1.807) is 46.9 Å². The van der Waals surface area contributed by atoms with Gasteiger partial charge < -0.3 is 14.9 Å². The maximum absolute atomic E-state index is 13.0. The highest BCUT2D eigenvalue weighted by atomic mass is 32.1. The number of likely N-dealkylation sites (N-methyl/N-ethyl adjacent to an activating group) is 1. The second-order valence-corrected chi connectivity index (χ2v) is 7.22. The summed E-state index contributed by atoms with van der Waals surface area (Å²) in [6.45, 7) is 6.98. The summed E-state index contributed by atoms with van der Waals surface area (Å²) in [4.78, 5) is 34.2. The van der Waals surface area contributed by atoms with Crippen molar-refractivity contribution < 1.29 is 14.7 Å². The van der Waals surface area contributed by atoms with Gasteiger partial charge in [0.1, 0.15) is 0 Å². The van der Waals surface area contributed by atoms with Crippen molar-refractivity contribution in [2.24, 2.45) is 0 Å². The minimum absolute atomic E-state index is 0.146. The van der Waals surface area contributed by atoms with Crippen molar-refractivity contribution in [1.82, 2.24) is 14.8 Å². The number of aliphatic hydroxyl groups excluding tert-OH is 1. The molecule has 1 aliphatic rings. The van der Waals surface area contributed by atoms with Gasteiger partial charge in [0.15, 0.2) is 5.76 Å². The zero-order valence-electron chi connectivity index (χ0n) is 15.5. The summed E-state index contributed by atoms with van der Waals surface area (Å²) >= 11 is 1.30. The first-order valence-corrected chi connectivity index (χ1v) is 9.91. The van der Waals surface area contributed by atoms with Crippen LogP contribution in [0.15, 0.2) is 53.4 Å². The van der Waals surface area contributed by atoms with Crippen LogP contribution in [-0.2, 0) is 4.79 Å². The molecule has 3 rings (SSSR count). The van der Waals surface area contributed by atoms with E-state index in [1.165, 1.54) is 11.3 Å². The number of ketones is 1. The molecule has 6 nitrogen and oxygen atoms in total. The summed E-state index contributed by atoms with van der Waals surface area (Å²) in [7, 11) is 0. The van der Waals surface area contributed by atoms with Gasteiger partial charge in [0, 0.05) is 25.5 Å². The Balaban J connectivity index is 1.98. The molecule has 0 aromatic carbocycles. The highest BCUT2D eigenvalue weighted by Crippen LogP contribution is 2.39. The smallest absolute Gasteiger partial charge is 0.290 e. The van der Waals surface area contributed by atoms with Gasteiger partial charge in [0.25, 0.3) is 5.91 Å². The third-order valence-corrected chi connectivity index (χ3v) is 5.74. The summed E-state index contributed by atoms with van der Waals surface area (Å²) in [6, 6.07) is 6.45. The lowest BCUT2D eigenvalue weighted by atomic mass is 9.96. The van der Waals surface area contributed by atoms with Gasteiger partial charge in [0.2, 0.25) is 5.78 Å². The van der Waals surface area contributed by atoms with Crippen LogP contribution >= 0.6 is 11.3 Å². The largest absolute Gasteiger partial charge is 0.503 e. The average molecular weight is 385 g/mol. The second-order valence-electron chi connectivity index (χ2n) is 6.28. The molecule has 142 valence electrons. The lowest BCUT2D eigenvalue weighted by Gasteiger charge is -2.29. The maximum Gasteiger partial charge on any atom is 0.290 e. The summed E-state index contributed by atoms with van der Waals surface area (Å²) in [5.41, 5.74) is 0.912. The molecule has 0 radical (unpaired) electrons. The number of hydrogen-bond donors (Lipinski definition) is 1. The van der Waals surface area contributed by atoms with E-state index in [9.17, 15) is 14.7 Å². The van der Waals surface area contributed by atoms with E-state index >= 15 is 0 Å². The Labute approximate surface area is 162 Å². The second kappa shape index (κ2) is 8.45. The SMILES string of the molecule is CCN(CC)CCN1C(=O)C(O)=C(C(=O)c2cccs2)[C@@H]1c1ccncc1. The first-order chi connectivity index (χ1) is 13.1. The standard InChI is InChI=1S/C20H23N3O3S/c1-3-22(4-2)11-12-23-17(14-7-9-21-10-8-14)16(19(25)20(23)26)18(24)15-6-5-13-27-15/h5-10,13,17,25H,3-4,11-12H2,1-2H3/t17-/m0/s1. The van der Waals surface area contributed by atoms with Crippen molar-refractivity contribution in [2.75, 3.05) is 26.2 Å². The number of Topliss-reactive ketones (excluding diaryl/α,β-unsaturated/α-hetero) is 1. The number of thiophene rings is 1. The normalized spacial score (nSPS) is 17.2. The molecule has 7 heteroatoms. The molecule has 3 heterocycles. The summed E-state index contributed by atoms with van der Waals surface area (Å²) < 4.78 is 0. The van der Waals surface area contributed by atoms with Gasteiger partial charge >= 0.3 is 0 Å². The fraction of sp³-hybridized carbons (Fsp3) is 0.350. The molecular formula is C20H23N3O3S. The summed E-state index contributed by atoms with van der Waals surface area (Å²) in [5, 5.41) is 12.4. The van der Waals surface area contributed by atoms with Gasteiger partial charge in [0.05, 0.1) is 16.5 Å². The molecular weight excluding hydrogens is 362 g/mol. The van der Waals surface area contributed by atoms with Crippen molar-refractivity contribution in [1.29, 1.82) is 0 Å². The van der Waals surface area contributed by atoms with Gasteiger partial charge in [-0.1, -0.05) is 19.9 Å². The molecule has 0 saturated carbocycles. The number of amides is 1. The molecule has 27 heavy (non-hydrogen) atoms. The number of aromatic nitrogens is 1. The van der Waals surface area contributed by atoms with E-state index < -0.39 is 17.7 Å². The lowest BCUT2D eigenvalue weighted by Crippen LogP contribution is -2.38. The summed E-state index contributed by atoms with van der Waals surface area (Å²) in [6.07, 6.45) is 3.26. The number of carbonyl (C=O) groups is 2. The third kappa shape index (κ3) is 3.79. The zero-order valence-corrected chi connectivity index (χ0v) is 16.3. The van der Waals surface area contributed by atoms with Crippen LogP contribution in [0.4, 0.5) is 0 Å². The fourth-order valence-electron chi connectivity index (χ4n) is 3.34. The molecule has 0 aliphatic carbocycles. The molecule has 1 aliphatic heterocycles. The Morgan fingerprint density at radius 1 is 1.26 bits per heavy atom. The van der Waals surface area contributed by atoms with E-state index in [0.29, 0.717) is 18.0 Å². The maximum atomic E-state index is 13.0. The molecule has 0 spiro atoms. The molecule has 2 aromatic heterocycles. The van der Waals surface area contributed by atoms with E-state index in [0.717, 1.165) is 18.7 Å². The molecule has 0 bridgehead atoms. The molecule has 1 amide bonds. The quantitative estimate of drug-likeness (QED) is 0.707. The Morgan fingerprint density at radius 2 is 1.96 bits per heavy atom. The van der Waals surface area contributed by atoms with Crippen molar-refractivity contribution in [3.8, 4) is 0 Å². The van der Waals surface area contributed by atoms with Crippen molar-refractivity contribution in [3.63, 3.8) is 0 Å². The lowest BCUT2D eigenvalue weighted by molar-refractivity contribution is -0.129. The third-order valence-electron chi connectivity index (χ3n) is 4.87. The first-order valence-electron chi connectivity index (χ1n) is 9.03. The minimum atomic E-state index is -0.606. The number of rotatable bonds is 8. The monoisotopic (exact) mass is 385 g/mol. The molecule has 0 unspecified atom stereocenters. The molecule has 0 fully saturated rings.